The van der Waals surface area contributed by atoms with E-state index in [9.17, 15) is 4.79 Å². The summed E-state index contributed by atoms with van der Waals surface area (Å²) in [4.78, 5) is 11.7. The Bertz CT molecular complexity index is 368. The summed E-state index contributed by atoms with van der Waals surface area (Å²) >= 11 is 0. The van der Waals surface area contributed by atoms with Crippen LogP contribution in [0.25, 0.3) is 0 Å². The van der Waals surface area contributed by atoms with E-state index in [0.717, 1.165) is 5.56 Å². The first-order valence-electron chi connectivity index (χ1n) is 6.58. The number of carbonyl (C=O) groups is 1. The summed E-state index contributed by atoms with van der Waals surface area (Å²) in [5, 5.41) is 2.90. The second kappa shape index (κ2) is 8.94. The Kier molecular flexibility index (Phi) is 8.44. The Morgan fingerprint density at radius 1 is 1.21 bits per heavy atom. The van der Waals surface area contributed by atoms with E-state index >= 15 is 0 Å². The molecule has 0 bridgehead atoms. The highest BCUT2D eigenvalue weighted by Crippen LogP contribution is 2.14. The molecule has 0 aliphatic rings. The van der Waals surface area contributed by atoms with Gasteiger partial charge in [0.2, 0.25) is 5.91 Å². The quantitative estimate of drug-likeness (QED) is 0.844. The molecule has 3 N–H and O–H groups in total. The zero-order valence-corrected chi connectivity index (χ0v) is 12.7. The highest BCUT2D eigenvalue weighted by Gasteiger charge is 2.13. The smallest absolute Gasteiger partial charge is 0.220 e. The fraction of sp³-hybridized carbons (Fsp3) is 0.533. The monoisotopic (exact) mass is 284 g/mol. The summed E-state index contributed by atoms with van der Waals surface area (Å²) in [6.45, 7) is 6.86. The average Bonchev–Trinajstić information content (AvgIpc) is 2.36. The predicted octanol–water partition coefficient (Wildman–Crippen LogP) is 2.91. The second-order valence-electron chi connectivity index (χ2n) is 5.25. The summed E-state index contributed by atoms with van der Waals surface area (Å²) in [6, 6.07) is 9.69. The fourth-order valence-corrected chi connectivity index (χ4v) is 1.64. The van der Waals surface area contributed by atoms with E-state index in [-0.39, 0.29) is 24.4 Å². The normalized spacial score (nSPS) is 13.5. The van der Waals surface area contributed by atoms with Gasteiger partial charge in [-0.15, -0.1) is 12.4 Å². The molecule has 2 atom stereocenters. The molecule has 0 aliphatic carbocycles. The summed E-state index contributed by atoms with van der Waals surface area (Å²) in [7, 11) is 0. The minimum Gasteiger partial charge on any atom is -0.354 e. The Morgan fingerprint density at radius 2 is 1.79 bits per heavy atom. The molecule has 0 spiro atoms. The molecule has 0 saturated carbocycles. The third kappa shape index (κ3) is 6.60. The predicted molar refractivity (Wildman–Crippen MR) is 82.2 cm³/mol. The maximum atomic E-state index is 11.7. The fourth-order valence-electron chi connectivity index (χ4n) is 1.64. The first kappa shape index (κ1) is 17.9. The van der Waals surface area contributed by atoms with E-state index in [0.29, 0.717) is 24.8 Å². The molecule has 4 heteroatoms. The van der Waals surface area contributed by atoms with Gasteiger partial charge < -0.3 is 11.1 Å². The van der Waals surface area contributed by atoms with Crippen LogP contribution in [-0.2, 0) is 4.79 Å². The van der Waals surface area contributed by atoms with Gasteiger partial charge in [-0.05, 0) is 17.4 Å². The Hall–Kier alpha value is -1.06. The lowest BCUT2D eigenvalue weighted by Crippen LogP contribution is -2.33. The van der Waals surface area contributed by atoms with E-state index in [2.05, 4.69) is 26.1 Å². The van der Waals surface area contributed by atoms with E-state index in [1.807, 2.05) is 30.3 Å². The van der Waals surface area contributed by atoms with Crippen molar-refractivity contribution in [1.29, 1.82) is 0 Å². The summed E-state index contributed by atoms with van der Waals surface area (Å²) in [5.41, 5.74) is 7.07. The van der Waals surface area contributed by atoms with E-state index in [4.69, 9.17) is 5.73 Å². The maximum absolute atomic E-state index is 11.7. The van der Waals surface area contributed by atoms with Crippen LogP contribution in [0.4, 0.5) is 0 Å². The van der Waals surface area contributed by atoms with Crippen LogP contribution in [0.5, 0.6) is 0 Å². The molecule has 1 aromatic rings. The van der Waals surface area contributed by atoms with Crippen molar-refractivity contribution in [1.82, 2.24) is 5.32 Å². The molecule has 0 aliphatic heterocycles. The van der Waals surface area contributed by atoms with Crippen LogP contribution in [0.1, 0.15) is 38.8 Å². The Balaban J connectivity index is 0.00000324. The SMILES string of the molecule is CC(C)C(C)CC(=O)NCC(N)c1ccccc1.Cl. The summed E-state index contributed by atoms with van der Waals surface area (Å²) in [5.74, 6) is 1.01. The van der Waals surface area contributed by atoms with Gasteiger partial charge in [0.25, 0.3) is 0 Å². The first-order valence-corrected chi connectivity index (χ1v) is 6.58. The zero-order valence-electron chi connectivity index (χ0n) is 11.9. The molecule has 0 heterocycles. The van der Waals surface area contributed by atoms with Crippen molar-refractivity contribution >= 4 is 18.3 Å². The van der Waals surface area contributed by atoms with Crippen molar-refractivity contribution in [2.75, 3.05) is 6.54 Å². The third-order valence-electron chi connectivity index (χ3n) is 3.39. The minimum atomic E-state index is -0.135. The molecular formula is C15H25ClN2O. The number of nitrogens with two attached hydrogens (primary N) is 1. The molecular weight excluding hydrogens is 260 g/mol. The highest BCUT2D eigenvalue weighted by atomic mass is 35.5. The van der Waals surface area contributed by atoms with E-state index < -0.39 is 0 Å². The third-order valence-corrected chi connectivity index (χ3v) is 3.39. The van der Waals surface area contributed by atoms with Gasteiger partial charge in [-0.1, -0.05) is 51.1 Å². The number of carbonyl (C=O) groups excluding carboxylic acids is 1. The van der Waals surface area contributed by atoms with Crippen molar-refractivity contribution in [2.24, 2.45) is 17.6 Å². The molecule has 1 aromatic carbocycles. The number of amides is 1. The van der Waals surface area contributed by atoms with Crippen molar-refractivity contribution in [3.05, 3.63) is 35.9 Å². The lowest BCUT2D eigenvalue weighted by atomic mass is 9.94. The average molecular weight is 285 g/mol. The van der Waals surface area contributed by atoms with Gasteiger partial charge in [-0.25, -0.2) is 0 Å². The van der Waals surface area contributed by atoms with Gasteiger partial charge in [-0.3, -0.25) is 4.79 Å². The van der Waals surface area contributed by atoms with Crippen LogP contribution < -0.4 is 11.1 Å². The molecule has 1 amide bonds. The number of benzene rings is 1. The van der Waals surface area contributed by atoms with E-state index in [1.54, 1.807) is 0 Å². The Labute approximate surface area is 122 Å². The van der Waals surface area contributed by atoms with Crippen LogP contribution >= 0.6 is 12.4 Å². The lowest BCUT2D eigenvalue weighted by Gasteiger charge is -2.17. The molecule has 3 nitrogen and oxygen atoms in total. The van der Waals surface area contributed by atoms with E-state index in [1.165, 1.54) is 0 Å². The van der Waals surface area contributed by atoms with Crippen LogP contribution in [0.2, 0.25) is 0 Å². The number of hydrogen-bond acceptors (Lipinski definition) is 2. The van der Waals surface area contributed by atoms with Crippen LogP contribution in [0, 0.1) is 11.8 Å². The minimum absolute atomic E-state index is 0. The largest absolute Gasteiger partial charge is 0.354 e. The van der Waals surface area contributed by atoms with Crippen molar-refractivity contribution in [3.63, 3.8) is 0 Å². The van der Waals surface area contributed by atoms with Crippen LogP contribution in [-0.4, -0.2) is 12.5 Å². The summed E-state index contributed by atoms with van der Waals surface area (Å²) < 4.78 is 0. The highest BCUT2D eigenvalue weighted by molar-refractivity contribution is 5.85. The number of nitrogens with one attached hydrogen (secondary N) is 1. The number of rotatable bonds is 6. The van der Waals surface area contributed by atoms with Gasteiger partial charge in [0, 0.05) is 19.0 Å². The maximum Gasteiger partial charge on any atom is 0.220 e. The van der Waals surface area contributed by atoms with Crippen molar-refractivity contribution < 1.29 is 4.79 Å². The topological polar surface area (TPSA) is 55.1 Å². The molecule has 19 heavy (non-hydrogen) atoms. The van der Waals surface area contributed by atoms with Gasteiger partial charge in [0.05, 0.1) is 0 Å². The van der Waals surface area contributed by atoms with Gasteiger partial charge >= 0.3 is 0 Å². The van der Waals surface area contributed by atoms with Gasteiger partial charge in [0.1, 0.15) is 0 Å². The standard InChI is InChI=1S/C15H24N2O.ClH/c1-11(2)12(3)9-15(18)17-10-14(16)13-7-5-4-6-8-13;/h4-8,11-12,14H,9-10,16H2,1-3H3,(H,17,18);1H. The molecule has 0 fully saturated rings. The molecule has 108 valence electrons. The second-order valence-corrected chi connectivity index (χ2v) is 5.25. The van der Waals surface area contributed by atoms with Crippen molar-refractivity contribution in [2.45, 2.75) is 33.2 Å². The van der Waals surface area contributed by atoms with Crippen LogP contribution in [0.15, 0.2) is 30.3 Å². The van der Waals surface area contributed by atoms with Crippen LogP contribution in [0.3, 0.4) is 0 Å². The Morgan fingerprint density at radius 3 is 2.32 bits per heavy atom. The first-order chi connectivity index (χ1) is 8.50. The van der Waals surface area contributed by atoms with Gasteiger partial charge in [-0.2, -0.15) is 0 Å². The molecule has 2 unspecified atom stereocenters. The number of hydrogen-bond donors (Lipinski definition) is 2. The summed E-state index contributed by atoms with van der Waals surface area (Å²) in [6.07, 6.45) is 0.569. The molecule has 0 radical (unpaired) electrons. The molecule has 0 aromatic heterocycles. The lowest BCUT2D eigenvalue weighted by molar-refractivity contribution is -0.122. The zero-order chi connectivity index (χ0) is 13.5. The van der Waals surface area contributed by atoms with Crippen molar-refractivity contribution in [3.8, 4) is 0 Å². The number of halogens is 1. The van der Waals surface area contributed by atoms with Gasteiger partial charge in [0.15, 0.2) is 0 Å². The molecule has 1 rings (SSSR count). The molecule has 0 saturated heterocycles.